The molecule has 2 aromatic carbocycles. The SMILES string of the molecule is COc1ccccc1CNC(=O)CCCNS(=O)(=O)c1ccc(C)c(C)c1. The van der Waals surface area contributed by atoms with E-state index in [0.717, 1.165) is 22.4 Å². The number of sulfonamides is 1. The molecule has 0 heterocycles. The average Bonchev–Trinajstić information content (AvgIpc) is 2.65. The Morgan fingerprint density at radius 3 is 2.52 bits per heavy atom. The minimum Gasteiger partial charge on any atom is -0.496 e. The first-order valence-electron chi connectivity index (χ1n) is 8.79. The molecule has 1 amide bonds. The molecule has 2 rings (SSSR count). The Hall–Kier alpha value is -2.38. The number of ether oxygens (including phenoxy) is 1. The summed E-state index contributed by atoms with van der Waals surface area (Å²) >= 11 is 0. The lowest BCUT2D eigenvalue weighted by atomic mass is 10.1. The van der Waals surface area contributed by atoms with Crippen LogP contribution in [0.4, 0.5) is 0 Å². The van der Waals surface area contributed by atoms with Crippen LogP contribution in [0.2, 0.25) is 0 Å². The van der Waals surface area contributed by atoms with Gasteiger partial charge < -0.3 is 10.1 Å². The van der Waals surface area contributed by atoms with Crippen molar-refractivity contribution in [1.29, 1.82) is 0 Å². The average molecular weight is 391 g/mol. The first-order valence-corrected chi connectivity index (χ1v) is 10.3. The number of aryl methyl sites for hydroxylation is 2. The summed E-state index contributed by atoms with van der Waals surface area (Å²) in [7, 11) is -1.97. The Labute approximate surface area is 161 Å². The van der Waals surface area contributed by atoms with E-state index < -0.39 is 10.0 Å². The molecule has 146 valence electrons. The zero-order valence-electron chi connectivity index (χ0n) is 15.9. The van der Waals surface area contributed by atoms with E-state index in [0.29, 0.717) is 13.0 Å². The Bertz CT molecular complexity index is 895. The van der Waals surface area contributed by atoms with Crippen molar-refractivity contribution in [2.24, 2.45) is 0 Å². The summed E-state index contributed by atoms with van der Waals surface area (Å²) in [5.74, 6) is 0.588. The Balaban J connectivity index is 1.77. The zero-order chi connectivity index (χ0) is 19.9. The van der Waals surface area contributed by atoms with E-state index in [2.05, 4.69) is 10.0 Å². The van der Waals surface area contributed by atoms with Crippen LogP contribution in [0.5, 0.6) is 5.75 Å². The lowest BCUT2D eigenvalue weighted by Gasteiger charge is -2.10. The van der Waals surface area contributed by atoms with Crippen LogP contribution in [-0.4, -0.2) is 28.0 Å². The van der Waals surface area contributed by atoms with Crippen LogP contribution >= 0.6 is 0 Å². The summed E-state index contributed by atoms with van der Waals surface area (Å²) in [6.45, 7) is 4.39. The van der Waals surface area contributed by atoms with Crippen molar-refractivity contribution in [3.8, 4) is 5.75 Å². The lowest BCUT2D eigenvalue weighted by molar-refractivity contribution is -0.121. The lowest BCUT2D eigenvalue weighted by Crippen LogP contribution is -2.27. The molecule has 0 atom stereocenters. The van der Waals surface area contributed by atoms with E-state index in [1.54, 1.807) is 25.3 Å². The maximum Gasteiger partial charge on any atom is 0.240 e. The highest BCUT2D eigenvalue weighted by Gasteiger charge is 2.14. The fourth-order valence-electron chi connectivity index (χ4n) is 2.55. The van der Waals surface area contributed by atoms with Crippen LogP contribution in [0.25, 0.3) is 0 Å². The van der Waals surface area contributed by atoms with Gasteiger partial charge in [-0.15, -0.1) is 0 Å². The molecule has 0 radical (unpaired) electrons. The quantitative estimate of drug-likeness (QED) is 0.645. The highest BCUT2D eigenvalue weighted by Crippen LogP contribution is 2.17. The molecule has 0 saturated heterocycles. The fraction of sp³-hybridized carbons (Fsp3) is 0.350. The van der Waals surface area contributed by atoms with Gasteiger partial charge in [0.25, 0.3) is 0 Å². The Morgan fingerprint density at radius 2 is 1.81 bits per heavy atom. The number of para-hydroxylation sites is 1. The van der Waals surface area contributed by atoms with Gasteiger partial charge in [0, 0.05) is 25.1 Å². The summed E-state index contributed by atoms with van der Waals surface area (Å²) in [5, 5.41) is 2.82. The van der Waals surface area contributed by atoms with Gasteiger partial charge in [0.1, 0.15) is 5.75 Å². The molecule has 6 nitrogen and oxygen atoms in total. The normalized spacial score (nSPS) is 11.2. The minimum atomic E-state index is -3.56. The number of methoxy groups -OCH3 is 1. The van der Waals surface area contributed by atoms with Crippen molar-refractivity contribution in [2.45, 2.75) is 38.1 Å². The smallest absolute Gasteiger partial charge is 0.240 e. The van der Waals surface area contributed by atoms with E-state index >= 15 is 0 Å². The van der Waals surface area contributed by atoms with Crippen LogP contribution in [0.15, 0.2) is 47.4 Å². The van der Waals surface area contributed by atoms with Crippen LogP contribution in [0.3, 0.4) is 0 Å². The molecule has 7 heteroatoms. The van der Waals surface area contributed by atoms with E-state index in [4.69, 9.17) is 4.74 Å². The van der Waals surface area contributed by atoms with E-state index in [1.807, 2.05) is 38.1 Å². The maximum absolute atomic E-state index is 12.3. The second-order valence-electron chi connectivity index (χ2n) is 6.34. The summed E-state index contributed by atoms with van der Waals surface area (Å²) in [5.41, 5.74) is 2.86. The van der Waals surface area contributed by atoms with Gasteiger partial charge >= 0.3 is 0 Å². The number of hydrogen-bond donors (Lipinski definition) is 2. The maximum atomic E-state index is 12.3. The summed E-state index contributed by atoms with van der Waals surface area (Å²) in [6, 6.07) is 12.5. The zero-order valence-corrected chi connectivity index (χ0v) is 16.7. The third-order valence-electron chi connectivity index (χ3n) is 4.33. The number of carbonyl (C=O) groups is 1. The molecular formula is C20H26N2O4S. The third kappa shape index (κ3) is 6.08. The van der Waals surface area contributed by atoms with Gasteiger partial charge in [-0.2, -0.15) is 0 Å². The number of rotatable bonds is 9. The molecule has 27 heavy (non-hydrogen) atoms. The van der Waals surface area contributed by atoms with Crippen molar-refractivity contribution < 1.29 is 17.9 Å². The predicted octanol–water partition coefficient (Wildman–Crippen LogP) is 2.69. The van der Waals surface area contributed by atoms with Gasteiger partial charge in [0.2, 0.25) is 15.9 Å². The van der Waals surface area contributed by atoms with Crippen molar-refractivity contribution >= 4 is 15.9 Å². The molecule has 0 aliphatic heterocycles. The Kier molecular flexibility index (Phi) is 7.38. The summed E-state index contributed by atoms with van der Waals surface area (Å²) < 4.78 is 32.4. The van der Waals surface area contributed by atoms with Gasteiger partial charge in [-0.05, 0) is 49.6 Å². The molecule has 0 fully saturated rings. The van der Waals surface area contributed by atoms with Crippen molar-refractivity contribution in [3.63, 3.8) is 0 Å². The Morgan fingerprint density at radius 1 is 1.07 bits per heavy atom. The number of nitrogens with one attached hydrogen (secondary N) is 2. The topological polar surface area (TPSA) is 84.5 Å². The van der Waals surface area contributed by atoms with Gasteiger partial charge in [0.15, 0.2) is 0 Å². The monoisotopic (exact) mass is 390 g/mol. The van der Waals surface area contributed by atoms with E-state index in [-0.39, 0.29) is 23.8 Å². The number of amides is 1. The fourth-order valence-corrected chi connectivity index (χ4v) is 3.71. The number of carbonyl (C=O) groups excluding carboxylic acids is 1. The molecular weight excluding hydrogens is 364 g/mol. The minimum absolute atomic E-state index is 0.133. The molecule has 0 aromatic heterocycles. The standard InChI is InChI=1S/C20H26N2O4S/c1-15-10-11-18(13-16(15)2)27(24,25)22-12-6-9-20(23)21-14-17-7-4-5-8-19(17)26-3/h4-5,7-8,10-11,13,22H,6,9,12,14H2,1-3H3,(H,21,23). The first kappa shape index (κ1) is 20.9. The molecule has 0 unspecified atom stereocenters. The predicted molar refractivity (Wildman–Crippen MR) is 105 cm³/mol. The van der Waals surface area contributed by atoms with Crippen molar-refractivity contribution in [3.05, 3.63) is 59.2 Å². The van der Waals surface area contributed by atoms with Gasteiger partial charge in [0.05, 0.1) is 12.0 Å². The van der Waals surface area contributed by atoms with Gasteiger partial charge in [-0.3, -0.25) is 4.79 Å². The number of hydrogen-bond acceptors (Lipinski definition) is 4. The second kappa shape index (κ2) is 9.53. The molecule has 2 N–H and O–H groups in total. The highest BCUT2D eigenvalue weighted by molar-refractivity contribution is 7.89. The third-order valence-corrected chi connectivity index (χ3v) is 5.79. The van der Waals surface area contributed by atoms with Crippen molar-refractivity contribution in [1.82, 2.24) is 10.0 Å². The molecule has 2 aromatic rings. The molecule has 0 spiro atoms. The molecule has 0 bridgehead atoms. The van der Waals surface area contributed by atoms with Gasteiger partial charge in [-0.1, -0.05) is 24.3 Å². The molecule has 0 saturated carbocycles. The van der Waals surface area contributed by atoms with E-state index in [1.165, 1.54) is 0 Å². The largest absolute Gasteiger partial charge is 0.496 e. The number of benzene rings is 2. The van der Waals surface area contributed by atoms with Crippen molar-refractivity contribution in [2.75, 3.05) is 13.7 Å². The van der Waals surface area contributed by atoms with Crippen LogP contribution in [0.1, 0.15) is 29.5 Å². The summed E-state index contributed by atoms with van der Waals surface area (Å²) in [4.78, 5) is 12.2. The summed E-state index contributed by atoms with van der Waals surface area (Å²) in [6.07, 6.45) is 0.659. The first-order chi connectivity index (χ1) is 12.8. The molecule has 0 aliphatic carbocycles. The van der Waals surface area contributed by atoms with E-state index in [9.17, 15) is 13.2 Å². The highest BCUT2D eigenvalue weighted by atomic mass is 32.2. The van der Waals surface area contributed by atoms with Gasteiger partial charge in [-0.25, -0.2) is 13.1 Å². The van der Waals surface area contributed by atoms with Crippen LogP contribution < -0.4 is 14.8 Å². The second-order valence-corrected chi connectivity index (χ2v) is 8.10. The van der Waals surface area contributed by atoms with Crippen LogP contribution in [0, 0.1) is 13.8 Å². The van der Waals surface area contributed by atoms with Crippen LogP contribution in [-0.2, 0) is 21.4 Å². The molecule has 0 aliphatic rings.